The van der Waals surface area contributed by atoms with E-state index >= 15 is 0 Å². The monoisotopic (exact) mass is 510 g/mol. The van der Waals surface area contributed by atoms with E-state index in [1.807, 2.05) is 37.3 Å². The third-order valence-corrected chi connectivity index (χ3v) is 5.84. The summed E-state index contributed by atoms with van der Waals surface area (Å²) >= 11 is 3.45. The van der Waals surface area contributed by atoms with Crippen molar-refractivity contribution in [2.75, 3.05) is 13.2 Å². The molecular weight excluding hydrogens is 491 g/mol. The van der Waals surface area contributed by atoms with Crippen molar-refractivity contribution in [1.29, 1.82) is 0 Å². The molecule has 0 bridgehead atoms. The molecule has 0 unspecified atom stereocenters. The van der Waals surface area contributed by atoms with E-state index in [0.717, 1.165) is 13.8 Å². The minimum Gasteiger partial charge on any atom is -0.492 e. The molecule has 0 aliphatic heterocycles. The lowest BCUT2D eigenvalue weighted by molar-refractivity contribution is -0.143. The molecule has 8 heteroatoms. The van der Waals surface area contributed by atoms with Crippen molar-refractivity contribution in [2.24, 2.45) is 4.99 Å². The molecule has 0 radical (unpaired) electrons. The zero-order valence-electron chi connectivity index (χ0n) is 15.5. The lowest BCUT2D eigenvalue weighted by Gasteiger charge is -2.09. The zero-order valence-corrected chi connectivity index (χ0v) is 18.5. The molecule has 0 atom stereocenters. The molecule has 0 spiro atoms. The lowest BCUT2D eigenvalue weighted by atomic mass is 10.2. The maximum atomic E-state index is 12.8. The van der Waals surface area contributed by atoms with E-state index in [-0.39, 0.29) is 19.1 Å². The van der Waals surface area contributed by atoms with E-state index < -0.39 is 5.97 Å². The van der Waals surface area contributed by atoms with Crippen molar-refractivity contribution in [3.05, 3.63) is 56.4 Å². The number of nitrogens with zero attached hydrogens (tertiary/aromatic N) is 2. The van der Waals surface area contributed by atoms with Crippen molar-refractivity contribution in [1.82, 2.24) is 4.57 Å². The molecule has 3 rings (SSSR count). The Balaban J connectivity index is 2.18. The number of hydrogen-bond acceptors (Lipinski definition) is 5. The lowest BCUT2D eigenvalue weighted by Crippen LogP contribution is -2.23. The fraction of sp³-hybridized carbons (Fsp3) is 0.250. The van der Waals surface area contributed by atoms with Crippen LogP contribution in [0.3, 0.4) is 0 Å². The highest BCUT2D eigenvalue weighted by Crippen LogP contribution is 2.28. The first-order chi connectivity index (χ1) is 13.5. The Morgan fingerprint density at radius 2 is 1.89 bits per heavy atom. The maximum Gasteiger partial charge on any atom is 0.326 e. The predicted octanol–water partition coefficient (Wildman–Crippen LogP) is 4.01. The zero-order chi connectivity index (χ0) is 20.1. The number of para-hydroxylation sites is 1. The number of aromatic nitrogens is 1. The smallest absolute Gasteiger partial charge is 0.326 e. The molecule has 28 heavy (non-hydrogen) atoms. The molecule has 1 aromatic heterocycles. The largest absolute Gasteiger partial charge is 0.492 e. The number of esters is 1. The Morgan fingerprint density at radius 3 is 2.61 bits per heavy atom. The topological polar surface area (TPSA) is 69.9 Å². The number of carbonyl (C=O) groups excluding carboxylic acids is 2. The van der Waals surface area contributed by atoms with Crippen molar-refractivity contribution in [3.8, 4) is 5.75 Å². The molecule has 3 aromatic rings. The van der Waals surface area contributed by atoms with Crippen LogP contribution in [0.15, 0.2) is 47.5 Å². The van der Waals surface area contributed by atoms with Crippen molar-refractivity contribution in [2.45, 2.75) is 20.4 Å². The number of halogens is 1. The van der Waals surface area contributed by atoms with E-state index in [4.69, 9.17) is 9.47 Å². The number of amides is 1. The van der Waals surface area contributed by atoms with E-state index in [1.54, 1.807) is 23.6 Å². The molecule has 0 saturated heterocycles. The van der Waals surface area contributed by atoms with Gasteiger partial charge in [0.25, 0.3) is 5.91 Å². The highest BCUT2D eigenvalue weighted by atomic mass is 127. The average Bonchev–Trinajstić information content (AvgIpc) is 3.00. The number of hydrogen-bond donors (Lipinski definition) is 0. The fourth-order valence-corrected chi connectivity index (χ4v) is 4.38. The minimum atomic E-state index is -0.392. The second-order valence-corrected chi connectivity index (χ2v) is 7.88. The van der Waals surface area contributed by atoms with Gasteiger partial charge in [-0.05, 0) is 60.7 Å². The molecular formula is C20H19IN2O4S. The summed E-state index contributed by atoms with van der Waals surface area (Å²) in [6, 6.07) is 12.9. The van der Waals surface area contributed by atoms with E-state index in [9.17, 15) is 9.59 Å². The molecule has 0 N–H and O–H groups in total. The number of fused-ring (bicyclic) bond motifs is 1. The molecule has 146 valence electrons. The maximum absolute atomic E-state index is 12.8. The van der Waals surface area contributed by atoms with Crippen LogP contribution in [-0.4, -0.2) is 29.7 Å². The summed E-state index contributed by atoms with van der Waals surface area (Å²) < 4.78 is 14.2. The van der Waals surface area contributed by atoms with Crippen LogP contribution in [0, 0.1) is 3.57 Å². The first-order valence-corrected chi connectivity index (χ1v) is 10.7. The van der Waals surface area contributed by atoms with E-state index in [0.29, 0.717) is 22.7 Å². The van der Waals surface area contributed by atoms with Gasteiger partial charge >= 0.3 is 5.97 Å². The summed E-state index contributed by atoms with van der Waals surface area (Å²) in [6.07, 6.45) is 0. The summed E-state index contributed by atoms with van der Waals surface area (Å²) in [6.45, 7) is 4.38. The van der Waals surface area contributed by atoms with Gasteiger partial charge < -0.3 is 14.0 Å². The highest BCUT2D eigenvalue weighted by molar-refractivity contribution is 14.1. The normalized spacial score (nSPS) is 11.6. The van der Waals surface area contributed by atoms with Crippen molar-refractivity contribution < 1.29 is 19.1 Å². The molecule has 1 heterocycles. The van der Waals surface area contributed by atoms with Crippen LogP contribution in [0.1, 0.15) is 24.2 Å². The number of rotatable bonds is 6. The predicted molar refractivity (Wildman–Crippen MR) is 117 cm³/mol. The average molecular weight is 510 g/mol. The summed E-state index contributed by atoms with van der Waals surface area (Å²) in [5, 5.41) is 0. The van der Waals surface area contributed by atoms with Crippen LogP contribution >= 0.6 is 33.9 Å². The van der Waals surface area contributed by atoms with Gasteiger partial charge in [-0.15, -0.1) is 0 Å². The standard InChI is InChI=1S/C20H19IN2O4S/c1-3-26-15-10-7-11-16-18(15)23(12-17(24)27-4-2)20(28-16)22-19(25)13-8-5-6-9-14(13)21/h5-11H,3-4,12H2,1-2H3. The molecule has 0 aliphatic carbocycles. The van der Waals surface area contributed by atoms with Gasteiger partial charge in [-0.25, -0.2) is 0 Å². The van der Waals surface area contributed by atoms with E-state index in [2.05, 4.69) is 27.6 Å². The van der Waals surface area contributed by atoms with Gasteiger partial charge in [-0.3, -0.25) is 9.59 Å². The summed E-state index contributed by atoms with van der Waals surface area (Å²) in [7, 11) is 0. The second-order valence-electron chi connectivity index (χ2n) is 5.71. The van der Waals surface area contributed by atoms with Gasteiger partial charge in [0.05, 0.1) is 23.5 Å². The Hall–Kier alpha value is -2.20. The third kappa shape index (κ3) is 4.44. The van der Waals surface area contributed by atoms with Crippen LogP contribution in [0.2, 0.25) is 0 Å². The fourth-order valence-electron chi connectivity index (χ4n) is 2.72. The van der Waals surface area contributed by atoms with Gasteiger partial charge in [0.15, 0.2) is 4.80 Å². The van der Waals surface area contributed by atoms with Crippen molar-refractivity contribution >= 4 is 56.0 Å². The SMILES string of the molecule is CCOC(=O)Cn1c(=NC(=O)c2ccccc2I)sc2cccc(OCC)c21. The van der Waals surface area contributed by atoms with Crippen LogP contribution in [0.4, 0.5) is 0 Å². The minimum absolute atomic E-state index is 0.0457. The number of benzene rings is 2. The molecule has 6 nitrogen and oxygen atoms in total. The molecule has 1 amide bonds. The Morgan fingerprint density at radius 1 is 1.11 bits per heavy atom. The Kier molecular flexibility index (Phi) is 6.84. The van der Waals surface area contributed by atoms with E-state index in [1.165, 1.54) is 11.3 Å². The van der Waals surface area contributed by atoms with Crippen LogP contribution in [0.25, 0.3) is 10.2 Å². The van der Waals surface area contributed by atoms with Gasteiger partial charge in [0.2, 0.25) is 0 Å². The first-order valence-electron chi connectivity index (χ1n) is 8.79. The molecule has 0 aliphatic rings. The van der Waals surface area contributed by atoms with Gasteiger partial charge in [-0.1, -0.05) is 29.5 Å². The summed E-state index contributed by atoms with van der Waals surface area (Å²) in [4.78, 5) is 29.7. The third-order valence-electron chi connectivity index (χ3n) is 3.86. The van der Waals surface area contributed by atoms with Gasteiger partial charge in [0.1, 0.15) is 17.8 Å². The quantitative estimate of drug-likeness (QED) is 0.371. The number of ether oxygens (including phenoxy) is 2. The highest BCUT2D eigenvalue weighted by Gasteiger charge is 2.16. The van der Waals surface area contributed by atoms with Crippen LogP contribution in [0.5, 0.6) is 5.75 Å². The van der Waals surface area contributed by atoms with Crippen LogP contribution < -0.4 is 9.54 Å². The first kappa shape index (κ1) is 20.5. The number of thiazole rings is 1. The second kappa shape index (κ2) is 9.33. The van der Waals surface area contributed by atoms with Gasteiger partial charge in [-0.2, -0.15) is 4.99 Å². The van der Waals surface area contributed by atoms with Crippen molar-refractivity contribution in [3.63, 3.8) is 0 Å². The summed E-state index contributed by atoms with van der Waals surface area (Å²) in [5.41, 5.74) is 1.25. The molecule has 2 aromatic carbocycles. The number of carbonyl (C=O) groups is 2. The molecule has 0 fully saturated rings. The Labute approximate surface area is 180 Å². The summed E-state index contributed by atoms with van der Waals surface area (Å²) in [5.74, 6) is -0.104. The van der Waals surface area contributed by atoms with Crippen LogP contribution in [-0.2, 0) is 16.1 Å². The Bertz CT molecular complexity index is 1090. The molecule has 0 saturated carbocycles. The van der Waals surface area contributed by atoms with Gasteiger partial charge in [0, 0.05) is 3.57 Å².